The van der Waals surface area contributed by atoms with Gasteiger partial charge in [-0.3, -0.25) is 14.4 Å². The Bertz CT molecular complexity index is 868. The first-order chi connectivity index (χ1) is 13.7. The molecule has 1 aromatic rings. The topological polar surface area (TPSA) is 122 Å². The number of rotatable bonds is 8. The van der Waals surface area contributed by atoms with Gasteiger partial charge in [0.05, 0.1) is 22.0 Å². The van der Waals surface area contributed by atoms with E-state index < -0.39 is 28.5 Å². The molecule has 0 unspecified atom stereocenters. The van der Waals surface area contributed by atoms with Crippen molar-refractivity contribution < 1.29 is 27.5 Å². The molecule has 1 saturated heterocycles. The Morgan fingerprint density at radius 3 is 2.52 bits per heavy atom. The normalized spacial score (nSPS) is 14.8. The summed E-state index contributed by atoms with van der Waals surface area (Å²) in [6, 6.07) is 4.08. The molecule has 1 aromatic carbocycles. The van der Waals surface area contributed by atoms with Crippen LogP contribution in [0.2, 0.25) is 5.02 Å². The largest absolute Gasteiger partial charge is 0.456 e. The van der Waals surface area contributed by atoms with Crippen molar-refractivity contribution in [2.45, 2.75) is 37.5 Å². The molecule has 0 aromatic heterocycles. The van der Waals surface area contributed by atoms with Crippen molar-refractivity contribution in [1.82, 2.24) is 9.62 Å². The third-order valence-electron chi connectivity index (χ3n) is 4.23. The van der Waals surface area contributed by atoms with E-state index in [1.807, 2.05) is 0 Å². The number of anilines is 1. The predicted octanol–water partition coefficient (Wildman–Crippen LogP) is 1.52. The number of ether oxygens (including phenoxy) is 1. The molecule has 2 rings (SSSR count). The number of carbonyl (C=O) groups is 3. The van der Waals surface area contributed by atoms with Gasteiger partial charge in [-0.1, -0.05) is 18.0 Å². The summed E-state index contributed by atoms with van der Waals surface area (Å²) in [6.07, 6.45) is 2.54. The van der Waals surface area contributed by atoms with Crippen LogP contribution in [-0.4, -0.2) is 56.7 Å². The first kappa shape index (κ1) is 23.1. The lowest BCUT2D eigenvalue weighted by molar-refractivity contribution is -0.147. The van der Waals surface area contributed by atoms with Gasteiger partial charge in [-0.2, -0.15) is 4.31 Å². The van der Waals surface area contributed by atoms with E-state index in [0.29, 0.717) is 13.1 Å². The Labute approximate surface area is 174 Å². The van der Waals surface area contributed by atoms with Gasteiger partial charge in [-0.15, -0.1) is 0 Å². The summed E-state index contributed by atoms with van der Waals surface area (Å²) < 4.78 is 31.8. The average Bonchev–Trinajstić information content (AvgIpc) is 2.68. The molecular weight excluding hydrogens is 422 g/mol. The average molecular weight is 446 g/mol. The molecule has 1 aliphatic rings. The van der Waals surface area contributed by atoms with Crippen LogP contribution >= 0.6 is 11.6 Å². The van der Waals surface area contributed by atoms with Gasteiger partial charge >= 0.3 is 5.97 Å². The number of benzene rings is 1. The molecule has 0 spiro atoms. The van der Waals surface area contributed by atoms with Crippen LogP contribution in [0.3, 0.4) is 0 Å². The van der Waals surface area contributed by atoms with E-state index >= 15 is 0 Å². The molecule has 1 aliphatic heterocycles. The maximum atomic E-state index is 12.8. The molecule has 1 heterocycles. The summed E-state index contributed by atoms with van der Waals surface area (Å²) in [6.45, 7) is 1.79. The molecule has 0 saturated carbocycles. The highest BCUT2D eigenvalue weighted by molar-refractivity contribution is 7.89. The van der Waals surface area contributed by atoms with Crippen molar-refractivity contribution in [2.75, 3.05) is 31.6 Å². The maximum absolute atomic E-state index is 12.8. The fourth-order valence-corrected chi connectivity index (χ4v) is 4.47. The van der Waals surface area contributed by atoms with Gasteiger partial charge in [-0.05, 0) is 31.0 Å². The quantitative estimate of drug-likeness (QED) is 0.585. The minimum absolute atomic E-state index is 0.0337. The van der Waals surface area contributed by atoms with E-state index in [1.165, 1.54) is 29.4 Å². The minimum atomic E-state index is -3.68. The predicted molar refractivity (Wildman–Crippen MR) is 107 cm³/mol. The zero-order valence-electron chi connectivity index (χ0n) is 16.1. The van der Waals surface area contributed by atoms with Crippen molar-refractivity contribution >= 4 is 45.1 Å². The highest BCUT2D eigenvalue weighted by Gasteiger charge is 2.26. The lowest BCUT2D eigenvalue weighted by Crippen LogP contribution is -2.35. The number of nitrogens with one attached hydrogen (secondary N) is 2. The summed E-state index contributed by atoms with van der Waals surface area (Å²) >= 11 is 6.07. The summed E-state index contributed by atoms with van der Waals surface area (Å²) in [7, 11) is -3.68. The van der Waals surface area contributed by atoms with E-state index in [4.69, 9.17) is 16.3 Å². The van der Waals surface area contributed by atoms with E-state index in [-0.39, 0.29) is 34.5 Å². The summed E-state index contributed by atoms with van der Waals surface area (Å²) in [5.74, 6) is -1.58. The third kappa shape index (κ3) is 6.98. The molecule has 160 valence electrons. The maximum Gasteiger partial charge on any atom is 0.308 e. The van der Waals surface area contributed by atoms with Gasteiger partial charge in [0.1, 0.15) is 0 Å². The molecular formula is C18H24ClN3O6S. The second kappa shape index (κ2) is 10.6. The standard InChI is InChI=1S/C18H24ClN3O6S/c1-13(23)20-8-7-18(25)28-12-17(24)21-16-11-14(5-6-15(16)19)29(26,27)22-9-3-2-4-10-22/h5-6,11H,2-4,7-10,12H2,1H3,(H,20,23)(H,21,24). The molecule has 2 amide bonds. The molecule has 0 radical (unpaired) electrons. The number of hydrogen-bond donors (Lipinski definition) is 2. The van der Waals surface area contributed by atoms with Crippen molar-refractivity contribution in [1.29, 1.82) is 0 Å². The SMILES string of the molecule is CC(=O)NCCC(=O)OCC(=O)Nc1cc(S(=O)(=O)N2CCCCC2)ccc1Cl. The number of esters is 1. The van der Waals surface area contributed by atoms with Gasteiger partial charge in [0.25, 0.3) is 5.91 Å². The lowest BCUT2D eigenvalue weighted by atomic mass is 10.2. The molecule has 0 atom stereocenters. The minimum Gasteiger partial charge on any atom is -0.456 e. The van der Waals surface area contributed by atoms with E-state index in [1.54, 1.807) is 0 Å². The first-order valence-corrected chi connectivity index (χ1v) is 11.0. The second-order valence-corrected chi connectivity index (χ2v) is 8.89. The first-order valence-electron chi connectivity index (χ1n) is 9.20. The summed E-state index contributed by atoms with van der Waals surface area (Å²) in [5.41, 5.74) is 0.115. The number of nitrogens with zero attached hydrogens (tertiary/aromatic N) is 1. The molecule has 29 heavy (non-hydrogen) atoms. The molecule has 1 fully saturated rings. The third-order valence-corrected chi connectivity index (χ3v) is 6.46. The number of piperidine rings is 1. The fourth-order valence-electron chi connectivity index (χ4n) is 2.76. The molecule has 9 nitrogen and oxygen atoms in total. The van der Waals surface area contributed by atoms with Gasteiger partial charge in [-0.25, -0.2) is 8.42 Å². The fraction of sp³-hybridized carbons (Fsp3) is 0.500. The van der Waals surface area contributed by atoms with E-state index in [0.717, 1.165) is 19.3 Å². The van der Waals surface area contributed by atoms with Crippen LogP contribution in [0.25, 0.3) is 0 Å². The lowest BCUT2D eigenvalue weighted by Gasteiger charge is -2.26. The van der Waals surface area contributed by atoms with E-state index in [2.05, 4.69) is 10.6 Å². The Hall–Kier alpha value is -2.17. The van der Waals surface area contributed by atoms with Crippen molar-refractivity contribution in [2.24, 2.45) is 0 Å². The molecule has 0 aliphatic carbocycles. The van der Waals surface area contributed by atoms with Gasteiger partial charge in [0, 0.05) is 26.6 Å². The molecule has 11 heteroatoms. The number of carbonyl (C=O) groups excluding carboxylic acids is 3. The Morgan fingerprint density at radius 1 is 1.17 bits per heavy atom. The van der Waals surface area contributed by atoms with Crippen LogP contribution < -0.4 is 10.6 Å². The van der Waals surface area contributed by atoms with Gasteiger partial charge < -0.3 is 15.4 Å². The number of halogens is 1. The Balaban J connectivity index is 1.96. The van der Waals surface area contributed by atoms with Crippen LogP contribution in [-0.2, 0) is 29.1 Å². The number of hydrogen-bond acceptors (Lipinski definition) is 6. The van der Waals surface area contributed by atoms with Crippen LogP contribution in [0.15, 0.2) is 23.1 Å². The van der Waals surface area contributed by atoms with Crippen LogP contribution in [0.4, 0.5) is 5.69 Å². The van der Waals surface area contributed by atoms with Crippen LogP contribution in [0.5, 0.6) is 0 Å². The Kier molecular flexibility index (Phi) is 8.42. The number of amides is 2. The van der Waals surface area contributed by atoms with Crippen LogP contribution in [0.1, 0.15) is 32.6 Å². The highest BCUT2D eigenvalue weighted by Crippen LogP contribution is 2.28. The summed E-state index contributed by atoms with van der Waals surface area (Å²) in [5, 5.41) is 5.05. The number of sulfonamides is 1. The zero-order chi connectivity index (χ0) is 21.4. The van der Waals surface area contributed by atoms with E-state index in [9.17, 15) is 22.8 Å². The highest BCUT2D eigenvalue weighted by atomic mass is 35.5. The van der Waals surface area contributed by atoms with Crippen molar-refractivity contribution in [3.63, 3.8) is 0 Å². The molecule has 2 N–H and O–H groups in total. The Morgan fingerprint density at radius 2 is 1.86 bits per heavy atom. The van der Waals surface area contributed by atoms with Crippen LogP contribution in [0, 0.1) is 0 Å². The summed E-state index contributed by atoms with van der Waals surface area (Å²) in [4.78, 5) is 34.4. The molecule has 0 bridgehead atoms. The van der Waals surface area contributed by atoms with Gasteiger partial charge in [0.2, 0.25) is 15.9 Å². The smallest absolute Gasteiger partial charge is 0.308 e. The monoisotopic (exact) mass is 445 g/mol. The van der Waals surface area contributed by atoms with Crippen molar-refractivity contribution in [3.8, 4) is 0 Å². The van der Waals surface area contributed by atoms with Crippen molar-refractivity contribution in [3.05, 3.63) is 23.2 Å². The van der Waals surface area contributed by atoms with Gasteiger partial charge in [0.15, 0.2) is 6.61 Å². The zero-order valence-corrected chi connectivity index (χ0v) is 17.6. The second-order valence-electron chi connectivity index (χ2n) is 6.55.